The smallest absolute Gasteiger partial charge is 0.299 e. The first-order valence-corrected chi connectivity index (χ1v) is 5.38. The van der Waals surface area contributed by atoms with E-state index in [-0.39, 0.29) is 0 Å². The highest BCUT2D eigenvalue weighted by atomic mass is 16.5. The van der Waals surface area contributed by atoms with Crippen LogP contribution in [-0.4, -0.2) is 38.9 Å². The van der Waals surface area contributed by atoms with Gasteiger partial charge in [0, 0.05) is 13.1 Å². The zero-order valence-corrected chi connectivity index (χ0v) is 9.82. The fourth-order valence-electron chi connectivity index (χ4n) is 1.85. The van der Waals surface area contributed by atoms with Gasteiger partial charge in [-0.2, -0.15) is 0 Å². The number of hydrogen-bond acceptors (Lipinski definition) is 4. The first-order chi connectivity index (χ1) is 8.19. The Kier molecular flexibility index (Phi) is 3.10. The molecule has 90 valence electrons. The SMILES string of the molecule is CNCCN1C(=O)C(=O)c2cc(OC)ccc21. The molecule has 0 aromatic heterocycles. The van der Waals surface area contributed by atoms with Gasteiger partial charge in [0.2, 0.25) is 0 Å². The number of methoxy groups -OCH3 is 1. The van der Waals surface area contributed by atoms with Gasteiger partial charge in [-0.25, -0.2) is 0 Å². The van der Waals surface area contributed by atoms with Crippen LogP contribution in [0.4, 0.5) is 5.69 Å². The van der Waals surface area contributed by atoms with Gasteiger partial charge in [-0.3, -0.25) is 9.59 Å². The zero-order valence-electron chi connectivity index (χ0n) is 9.82. The number of carbonyl (C=O) groups is 2. The lowest BCUT2D eigenvalue weighted by Gasteiger charge is -2.16. The third-order valence-electron chi connectivity index (χ3n) is 2.76. The van der Waals surface area contributed by atoms with Crippen LogP contribution in [0, 0.1) is 0 Å². The van der Waals surface area contributed by atoms with Gasteiger partial charge in [-0.15, -0.1) is 0 Å². The van der Waals surface area contributed by atoms with Gasteiger partial charge >= 0.3 is 0 Å². The molecule has 1 aromatic carbocycles. The summed E-state index contributed by atoms with van der Waals surface area (Å²) in [7, 11) is 3.33. The molecule has 0 fully saturated rings. The van der Waals surface area contributed by atoms with Crippen molar-refractivity contribution in [1.29, 1.82) is 0 Å². The maximum Gasteiger partial charge on any atom is 0.299 e. The molecule has 1 aliphatic heterocycles. The second-order valence-corrected chi connectivity index (χ2v) is 3.77. The Morgan fingerprint density at radius 2 is 2.12 bits per heavy atom. The molecule has 1 N–H and O–H groups in total. The van der Waals surface area contributed by atoms with E-state index in [1.165, 1.54) is 12.0 Å². The number of anilines is 1. The number of Topliss-reactive ketones (excluding diaryl/α,β-unsaturated/α-hetero) is 1. The molecule has 2 rings (SSSR count). The Labute approximate surface area is 99.4 Å². The molecule has 5 nitrogen and oxygen atoms in total. The minimum Gasteiger partial charge on any atom is -0.497 e. The van der Waals surface area contributed by atoms with Gasteiger partial charge in [-0.1, -0.05) is 0 Å². The Bertz CT molecular complexity index is 471. The number of carbonyl (C=O) groups excluding carboxylic acids is 2. The average Bonchev–Trinajstić information content (AvgIpc) is 2.60. The maximum absolute atomic E-state index is 11.8. The highest BCUT2D eigenvalue weighted by molar-refractivity contribution is 6.52. The zero-order chi connectivity index (χ0) is 12.4. The number of amides is 1. The van der Waals surface area contributed by atoms with E-state index in [1.54, 1.807) is 25.2 Å². The van der Waals surface area contributed by atoms with Crippen LogP contribution in [-0.2, 0) is 4.79 Å². The van der Waals surface area contributed by atoms with E-state index in [0.717, 1.165) is 0 Å². The molecule has 17 heavy (non-hydrogen) atoms. The van der Waals surface area contributed by atoms with Crippen molar-refractivity contribution in [3.05, 3.63) is 23.8 Å². The van der Waals surface area contributed by atoms with Crippen molar-refractivity contribution in [2.45, 2.75) is 0 Å². The Balaban J connectivity index is 2.36. The van der Waals surface area contributed by atoms with Crippen molar-refractivity contribution in [2.24, 2.45) is 0 Å². The summed E-state index contributed by atoms with van der Waals surface area (Å²) in [5.74, 6) is -0.348. The van der Waals surface area contributed by atoms with Crippen molar-refractivity contribution in [1.82, 2.24) is 5.32 Å². The number of rotatable bonds is 4. The van der Waals surface area contributed by atoms with Crippen molar-refractivity contribution in [3.8, 4) is 5.75 Å². The van der Waals surface area contributed by atoms with Gasteiger partial charge in [0.15, 0.2) is 0 Å². The lowest BCUT2D eigenvalue weighted by atomic mass is 10.1. The molecule has 0 aliphatic carbocycles. The summed E-state index contributed by atoms with van der Waals surface area (Å²) in [6, 6.07) is 5.10. The van der Waals surface area contributed by atoms with Crippen LogP contribution in [0.5, 0.6) is 5.75 Å². The van der Waals surface area contributed by atoms with Crippen LogP contribution in [0.15, 0.2) is 18.2 Å². The molecular formula is C12H14N2O3. The average molecular weight is 234 g/mol. The highest BCUT2D eigenvalue weighted by Gasteiger charge is 2.35. The van der Waals surface area contributed by atoms with E-state index in [9.17, 15) is 9.59 Å². The van der Waals surface area contributed by atoms with Crippen LogP contribution >= 0.6 is 0 Å². The fraction of sp³-hybridized carbons (Fsp3) is 0.333. The third kappa shape index (κ3) is 1.89. The van der Waals surface area contributed by atoms with Gasteiger partial charge in [-0.05, 0) is 25.2 Å². The van der Waals surface area contributed by atoms with Crippen molar-refractivity contribution in [2.75, 3.05) is 32.1 Å². The van der Waals surface area contributed by atoms with E-state index in [2.05, 4.69) is 5.32 Å². The van der Waals surface area contributed by atoms with E-state index in [4.69, 9.17) is 4.74 Å². The molecule has 0 saturated carbocycles. The number of fused-ring (bicyclic) bond motifs is 1. The second-order valence-electron chi connectivity index (χ2n) is 3.77. The van der Waals surface area contributed by atoms with Crippen LogP contribution < -0.4 is 15.0 Å². The Morgan fingerprint density at radius 1 is 1.35 bits per heavy atom. The maximum atomic E-state index is 11.8. The van der Waals surface area contributed by atoms with Crippen molar-refractivity contribution in [3.63, 3.8) is 0 Å². The molecule has 0 unspecified atom stereocenters. The first-order valence-electron chi connectivity index (χ1n) is 5.38. The number of ether oxygens (including phenoxy) is 1. The summed E-state index contributed by atoms with van der Waals surface area (Å²) in [5.41, 5.74) is 1.08. The summed E-state index contributed by atoms with van der Waals surface area (Å²) in [6.45, 7) is 1.13. The van der Waals surface area contributed by atoms with Gasteiger partial charge in [0.1, 0.15) is 5.75 Å². The van der Waals surface area contributed by atoms with Crippen LogP contribution in [0.3, 0.4) is 0 Å². The van der Waals surface area contributed by atoms with Gasteiger partial charge < -0.3 is 15.0 Å². The molecule has 1 aromatic rings. The molecule has 0 saturated heterocycles. The molecular weight excluding hydrogens is 220 g/mol. The molecule has 5 heteroatoms. The number of ketones is 1. The minimum absolute atomic E-state index is 0.422. The highest BCUT2D eigenvalue weighted by Crippen LogP contribution is 2.31. The van der Waals surface area contributed by atoms with Gasteiger partial charge in [0.25, 0.3) is 11.7 Å². The number of nitrogens with one attached hydrogen (secondary N) is 1. The lowest BCUT2D eigenvalue weighted by molar-refractivity contribution is -0.114. The summed E-state index contributed by atoms with van der Waals surface area (Å²) < 4.78 is 5.05. The minimum atomic E-state index is -0.469. The number of likely N-dealkylation sites (N-methyl/N-ethyl adjacent to an activating group) is 1. The first kappa shape index (κ1) is 11.6. The predicted octanol–water partition coefficient (Wildman–Crippen LogP) is 0.444. The number of hydrogen-bond donors (Lipinski definition) is 1. The number of benzene rings is 1. The summed E-state index contributed by atoms with van der Waals surface area (Å²) >= 11 is 0. The molecule has 1 heterocycles. The van der Waals surface area contributed by atoms with E-state index >= 15 is 0 Å². The van der Waals surface area contributed by atoms with E-state index in [0.29, 0.717) is 30.1 Å². The molecule has 0 spiro atoms. The Morgan fingerprint density at radius 3 is 2.76 bits per heavy atom. The van der Waals surface area contributed by atoms with Crippen LogP contribution in [0.1, 0.15) is 10.4 Å². The lowest BCUT2D eigenvalue weighted by Crippen LogP contribution is -2.35. The molecule has 0 radical (unpaired) electrons. The van der Waals surface area contributed by atoms with E-state index in [1.807, 2.05) is 0 Å². The summed E-state index contributed by atoms with van der Waals surface area (Å²) in [6.07, 6.45) is 0. The normalized spacial score (nSPS) is 14.1. The summed E-state index contributed by atoms with van der Waals surface area (Å²) in [5, 5.41) is 2.95. The van der Waals surface area contributed by atoms with Crippen LogP contribution in [0.25, 0.3) is 0 Å². The predicted molar refractivity (Wildman–Crippen MR) is 63.6 cm³/mol. The standard InChI is InChI=1S/C12H14N2O3/c1-13-5-6-14-10-4-3-8(17-2)7-9(10)11(15)12(14)16/h3-4,7,13H,5-6H2,1-2H3. The van der Waals surface area contributed by atoms with E-state index < -0.39 is 11.7 Å². The molecule has 0 bridgehead atoms. The monoisotopic (exact) mass is 234 g/mol. The quantitative estimate of drug-likeness (QED) is 0.768. The van der Waals surface area contributed by atoms with Crippen molar-refractivity contribution < 1.29 is 14.3 Å². The fourth-order valence-corrected chi connectivity index (χ4v) is 1.85. The molecule has 1 aliphatic rings. The second kappa shape index (κ2) is 4.55. The Hall–Kier alpha value is -1.88. The molecule has 1 amide bonds. The van der Waals surface area contributed by atoms with Crippen molar-refractivity contribution >= 4 is 17.4 Å². The summed E-state index contributed by atoms with van der Waals surface area (Å²) in [4.78, 5) is 25.0. The van der Waals surface area contributed by atoms with Crippen LogP contribution in [0.2, 0.25) is 0 Å². The van der Waals surface area contributed by atoms with Gasteiger partial charge in [0.05, 0.1) is 18.4 Å². The topological polar surface area (TPSA) is 58.6 Å². The largest absolute Gasteiger partial charge is 0.497 e. The third-order valence-corrected chi connectivity index (χ3v) is 2.76. The molecule has 0 atom stereocenters. The number of nitrogens with zero attached hydrogens (tertiary/aromatic N) is 1.